The molecule has 0 spiro atoms. The highest BCUT2D eigenvalue weighted by atomic mass is 16.5. The summed E-state index contributed by atoms with van der Waals surface area (Å²) in [6.45, 7) is 8.97. The van der Waals surface area contributed by atoms with Gasteiger partial charge in [0.25, 0.3) is 0 Å². The van der Waals surface area contributed by atoms with Gasteiger partial charge >= 0.3 is 5.97 Å². The van der Waals surface area contributed by atoms with Crippen molar-refractivity contribution in [3.05, 3.63) is 125 Å². The Morgan fingerprint density at radius 2 is 1.72 bits per heavy atom. The van der Waals surface area contributed by atoms with Gasteiger partial charge in [0.05, 0.1) is 30.3 Å². The lowest BCUT2D eigenvalue weighted by Gasteiger charge is -2.36. The fourth-order valence-electron chi connectivity index (χ4n) is 6.04. The van der Waals surface area contributed by atoms with Crippen molar-refractivity contribution in [2.75, 3.05) is 51.3 Å². The number of allylic oxidation sites excluding steroid dienone is 6. The average molecular weight is 573 g/mol. The number of pyridine rings is 1. The molecule has 3 aromatic rings. The van der Waals surface area contributed by atoms with Crippen LogP contribution >= 0.6 is 0 Å². The molecule has 220 valence electrons. The zero-order chi connectivity index (χ0) is 29.6. The summed E-state index contributed by atoms with van der Waals surface area (Å²) >= 11 is 0. The number of aromatic nitrogens is 1. The molecule has 0 saturated carbocycles. The molecule has 1 fully saturated rings. The minimum Gasteiger partial charge on any atom is -0.465 e. The third kappa shape index (κ3) is 6.87. The summed E-state index contributed by atoms with van der Waals surface area (Å²) in [6.07, 6.45) is 14.7. The minimum atomic E-state index is -0.297. The van der Waals surface area contributed by atoms with E-state index < -0.39 is 0 Å². The number of aryl methyl sites for hydroxylation is 1. The fourth-order valence-corrected chi connectivity index (χ4v) is 6.04. The summed E-state index contributed by atoms with van der Waals surface area (Å²) < 4.78 is 5.08. The predicted octanol–water partition coefficient (Wildman–Crippen LogP) is 6.30. The molecule has 3 aliphatic rings. The van der Waals surface area contributed by atoms with Crippen LogP contribution in [0.2, 0.25) is 0 Å². The number of piperazine rings is 1. The number of nitrogens with one attached hydrogen (secondary N) is 1. The molecule has 2 aliphatic heterocycles. The Morgan fingerprint density at radius 1 is 0.930 bits per heavy atom. The molecule has 1 aliphatic carbocycles. The monoisotopic (exact) mass is 572 g/mol. The molecule has 43 heavy (non-hydrogen) atoms. The van der Waals surface area contributed by atoms with Crippen LogP contribution in [0.25, 0.3) is 16.7 Å². The zero-order valence-corrected chi connectivity index (χ0v) is 25.2. The summed E-state index contributed by atoms with van der Waals surface area (Å²) in [6, 6.07) is 19.3. The number of ether oxygens (including phenoxy) is 1. The highest BCUT2D eigenvalue weighted by Gasteiger charge is 2.19. The van der Waals surface area contributed by atoms with Gasteiger partial charge in [0.1, 0.15) is 0 Å². The van der Waals surface area contributed by atoms with Crippen LogP contribution in [0.15, 0.2) is 91.2 Å². The maximum absolute atomic E-state index is 12.5. The second-order valence-electron chi connectivity index (χ2n) is 11.5. The lowest BCUT2D eigenvalue weighted by Crippen LogP contribution is -2.46. The quantitative estimate of drug-likeness (QED) is 0.335. The predicted molar refractivity (Wildman–Crippen MR) is 176 cm³/mol. The first-order chi connectivity index (χ1) is 21.1. The molecule has 6 rings (SSSR count). The largest absolute Gasteiger partial charge is 0.465 e. The van der Waals surface area contributed by atoms with Gasteiger partial charge in [0.15, 0.2) is 0 Å². The Hall–Kier alpha value is -4.26. The number of methoxy groups -OCH3 is 1. The average Bonchev–Trinajstić information content (AvgIpc) is 3.33. The molecule has 2 aromatic carbocycles. The molecule has 3 heterocycles. The van der Waals surface area contributed by atoms with Gasteiger partial charge in [-0.1, -0.05) is 66.3 Å². The second kappa shape index (κ2) is 13.4. The highest BCUT2D eigenvalue weighted by molar-refractivity contribution is 5.97. The van der Waals surface area contributed by atoms with E-state index in [1.54, 1.807) is 0 Å². The SMILES string of the molecule is COC(=O)c1ccc(C2=CCC=C(c3ccc(N4CCN(Cc5ccc(C)cc5)CC4)cn3)C=C2)cc1C1=CCNCC1. The number of hydrogen-bond acceptors (Lipinski definition) is 6. The topological polar surface area (TPSA) is 57.7 Å². The van der Waals surface area contributed by atoms with Crippen LogP contribution in [0.5, 0.6) is 0 Å². The molecule has 6 heteroatoms. The number of anilines is 1. The third-order valence-electron chi connectivity index (χ3n) is 8.59. The van der Waals surface area contributed by atoms with E-state index in [0.29, 0.717) is 5.56 Å². The number of nitrogens with zero attached hydrogens (tertiary/aromatic N) is 3. The number of carbonyl (C=O) groups is 1. The fraction of sp³-hybridized carbons (Fsp3) is 0.297. The van der Waals surface area contributed by atoms with Crippen LogP contribution in [0, 0.1) is 6.92 Å². The van der Waals surface area contributed by atoms with Gasteiger partial charge in [-0.05, 0) is 84.0 Å². The van der Waals surface area contributed by atoms with Crippen molar-refractivity contribution in [2.24, 2.45) is 0 Å². The van der Waals surface area contributed by atoms with Crippen LogP contribution in [-0.2, 0) is 11.3 Å². The van der Waals surface area contributed by atoms with E-state index in [4.69, 9.17) is 9.72 Å². The minimum absolute atomic E-state index is 0.297. The maximum atomic E-state index is 12.5. The Morgan fingerprint density at radius 3 is 2.44 bits per heavy atom. The van der Waals surface area contributed by atoms with Crippen molar-refractivity contribution in [1.29, 1.82) is 0 Å². The summed E-state index contributed by atoms with van der Waals surface area (Å²) in [5, 5.41) is 3.35. The molecule has 1 N–H and O–H groups in total. The first-order valence-electron chi connectivity index (χ1n) is 15.3. The van der Waals surface area contributed by atoms with Crippen molar-refractivity contribution >= 4 is 28.4 Å². The van der Waals surface area contributed by atoms with Crippen LogP contribution < -0.4 is 10.2 Å². The van der Waals surface area contributed by atoms with E-state index in [9.17, 15) is 4.79 Å². The molecule has 0 amide bonds. The molecule has 0 unspecified atom stereocenters. The molecule has 1 aromatic heterocycles. The third-order valence-corrected chi connectivity index (χ3v) is 8.59. The normalized spacial score (nSPS) is 17.5. The lowest BCUT2D eigenvalue weighted by molar-refractivity contribution is 0.0600. The van der Waals surface area contributed by atoms with Gasteiger partial charge < -0.3 is 15.0 Å². The van der Waals surface area contributed by atoms with Crippen molar-refractivity contribution in [3.63, 3.8) is 0 Å². The van der Waals surface area contributed by atoms with Gasteiger partial charge in [0.2, 0.25) is 0 Å². The maximum Gasteiger partial charge on any atom is 0.338 e. The Kier molecular flexibility index (Phi) is 8.96. The Balaban J connectivity index is 1.10. The van der Waals surface area contributed by atoms with Crippen LogP contribution in [-0.4, -0.2) is 62.2 Å². The summed E-state index contributed by atoms with van der Waals surface area (Å²) in [5.74, 6) is -0.297. The highest BCUT2D eigenvalue weighted by Crippen LogP contribution is 2.31. The van der Waals surface area contributed by atoms with Gasteiger partial charge in [-0.2, -0.15) is 0 Å². The smallest absolute Gasteiger partial charge is 0.338 e. The van der Waals surface area contributed by atoms with Crippen molar-refractivity contribution in [1.82, 2.24) is 15.2 Å². The first-order valence-corrected chi connectivity index (χ1v) is 15.3. The summed E-state index contributed by atoms with van der Waals surface area (Å²) in [7, 11) is 1.44. The number of benzene rings is 2. The van der Waals surface area contributed by atoms with E-state index in [-0.39, 0.29) is 5.97 Å². The van der Waals surface area contributed by atoms with E-state index in [2.05, 4.69) is 94.9 Å². The van der Waals surface area contributed by atoms with Gasteiger partial charge in [-0.3, -0.25) is 9.88 Å². The molecular formula is C37H40N4O2. The molecule has 0 bridgehead atoms. The zero-order valence-electron chi connectivity index (χ0n) is 25.2. The number of rotatable bonds is 7. The van der Waals surface area contributed by atoms with Gasteiger partial charge in [-0.15, -0.1) is 0 Å². The van der Waals surface area contributed by atoms with E-state index in [1.807, 2.05) is 18.3 Å². The van der Waals surface area contributed by atoms with Crippen molar-refractivity contribution in [2.45, 2.75) is 26.3 Å². The number of esters is 1. The van der Waals surface area contributed by atoms with Gasteiger partial charge in [-0.25, -0.2) is 4.79 Å². The van der Waals surface area contributed by atoms with E-state index >= 15 is 0 Å². The second-order valence-corrected chi connectivity index (χ2v) is 11.5. The number of carbonyl (C=O) groups excluding carboxylic acids is 1. The van der Waals surface area contributed by atoms with Gasteiger partial charge in [0, 0.05) is 39.3 Å². The van der Waals surface area contributed by atoms with Crippen molar-refractivity contribution in [3.8, 4) is 0 Å². The molecule has 1 saturated heterocycles. The first kappa shape index (κ1) is 28.8. The summed E-state index contributed by atoms with van der Waals surface area (Å²) in [4.78, 5) is 22.4. The van der Waals surface area contributed by atoms with Crippen LogP contribution in [0.1, 0.15) is 51.1 Å². The van der Waals surface area contributed by atoms with E-state index in [0.717, 1.165) is 86.6 Å². The lowest BCUT2D eigenvalue weighted by atomic mass is 9.91. The van der Waals surface area contributed by atoms with E-state index in [1.165, 1.54) is 29.5 Å². The molecule has 6 nitrogen and oxygen atoms in total. The van der Waals surface area contributed by atoms with Crippen LogP contribution in [0.4, 0.5) is 5.69 Å². The molecule has 0 atom stereocenters. The molecular weight excluding hydrogens is 532 g/mol. The van der Waals surface area contributed by atoms with Crippen molar-refractivity contribution < 1.29 is 9.53 Å². The number of hydrogen-bond donors (Lipinski definition) is 1. The summed E-state index contributed by atoms with van der Waals surface area (Å²) in [5.41, 5.74) is 11.0. The Labute approximate surface area is 255 Å². The standard InChI is InChI=1S/C37H40N4O2/c1-27-6-8-28(9-7-27)26-40-20-22-41(23-21-40)33-13-15-36(39-25-33)31-5-3-4-29(10-11-31)32-12-14-34(37(42)43-2)35(24-32)30-16-18-38-19-17-30/h4-16,24-25,38H,3,17-23,26H2,1-2H3. The Bertz CT molecular complexity index is 1570. The molecule has 0 radical (unpaired) electrons. The van der Waals surface area contributed by atoms with Crippen LogP contribution in [0.3, 0.4) is 0 Å².